The molecule has 0 atom stereocenters. The Labute approximate surface area is 157 Å². The number of nitrogens with zero attached hydrogens (tertiary/aromatic N) is 1. The molecule has 3 aliphatic rings. The first-order valence-corrected chi connectivity index (χ1v) is 10.5. The molecule has 1 heterocycles. The van der Waals surface area contributed by atoms with E-state index in [0.717, 1.165) is 71.2 Å². The van der Waals surface area contributed by atoms with Gasteiger partial charge in [0.1, 0.15) is 5.54 Å². The molecule has 0 bridgehead atoms. The van der Waals surface area contributed by atoms with E-state index in [1.54, 1.807) is 0 Å². The van der Waals surface area contributed by atoms with Crippen molar-refractivity contribution in [3.8, 4) is 0 Å². The average Bonchev–Trinajstić information content (AvgIpc) is 2.68. The summed E-state index contributed by atoms with van der Waals surface area (Å²) in [5, 5.41) is 6.26. The topological polar surface area (TPSA) is 70.7 Å². The van der Waals surface area contributed by atoms with E-state index < -0.39 is 5.54 Å². The third-order valence-electron chi connectivity index (χ3n) is 6.60. The van der Waals surface area contributed by atoms with Crippen molar-refractivity contribution in [1.29, 1.82) is 0 Å². The van der Waals surface area contributed by atoms with E-state index >= 15 is 0 Å². The summed E-state index contributed by atoms with van der Waals surface area (Å²) < 4.78 is 5.54. The van der Waals surface area contributed by atoms with Gasteiger partial charge in [-0.1, -0.05) is 38.5 Å². The molecule has 1 saturated heterocycles. The monoisotopic (exact) mass is 365 g/mol. The van der Waals surface area contributed by atoms with Gasteiger partial charge in [-0.2, -0.15) is 0 Å². The number of rotatable bonds is 5. The number of ether oxygens (including phenoxy) is 1. The Kier molecular flexibility index (Phi) is 6.56. The molecule has 1 aliphatic heterocycles. The Hall–Kier alpha value is -1.14. The lowest BCUT2D eigenvalue weighted by atomic mass is 9.78. The fourth-order valence-corrected chi connectivity index (χ4v) is 5.17. The van der Waals surface area contributed by atoms with Crippen molar-refractivity contribution in [2.24, 2.45) is 0 Å². The van der Waals surface area contributed by atoms with Gasteiger partial charge in [-0.25, -0.2) is 0 Å². The molecule has 2 aliphatic carbocycles. The minimum absolute atomic E-state index is 0.0191. The van der Waals surface area contributed by atoms with Gasteiger partial charge >= 0.3 is 0 Å². The van der Waals surface area contributed by atoms with Gasteiger partial charge in [-0.05, 0) is 25.7 Å². The molecule has 3 fully saturated rings. The average molecular weight is 366 g/mol. The zero-order valence-corrected chi connectivity index (χ0v) is 16.3. The molecule has 0 aromatic rings. The second-order valence-corrected chi connectivity index (χ2v) is 8.39. The van der Waals surface area contributed by atoms with Crippen molar-refractivity contribution in [3.05, 3.63) is 0 Å². The van der Waals surface area contributed by atoms with Crippen LogP contribution in [0, 0.1) is 0 Å². The van der Waals surface area contributed by atoms with Gasteiger partial charge in [0.05, 0.1) is 13.2 Å². The highest BCUT2D eigenvalue weighted by molar-refractivity contribution is 5.91. The summed E-state index contributed by atoms with van der Waals surface area (Å²) in [5.41, 5.74) is -0.644. The van der Waals surface area contributed by atoms with Gasteiger partial charge in [-0.15, -0.1) is 0 Å². The first-order chi connectivity index (χ1) is 12.6. The minimum atomic E-state index is -0.703. The summed E-state index contributed by atoms with van der Waals surface area (Å²) in [6.45, 7) is 5.67. The molecule has 6 heteroatoms. The Morgan fingerprint density at radius 1 is 0.923 bits per heavy atom. The lowest BCUT2D eigenvalue weighted by Crippen LogP contribution is -2.64. The van der Waals surface area contributed by atoms with Crippen LogP contribution in [-0.2, 0) is 14.3 Å². The van der Waals surface area contributed by atoms with E-state index in [9.17, 15) is 9.59 Å². The molecule has 0 spiro atoms. The third-order valence-corrected chi connectivity index (χ3v) is 6.60. The zero-order chi connectivity index (χ0) is 18.5. The molecule has 2 N–H and O–H groups in total. The van der Waals surface area contributed by atoms with Crippen LogP contribution in [0.3, 0.4) is 0 Å². The van der Waals surface area contributed by atoms with Crippen LogP contribution in [0.25, 0.3) is 0 Å². The normalized spacial score (nSPS) is 26.0. The molecule has 0 aromatic carbocycles. The quantitative estimate of drug-likeness (QED) is 0.782. The van der Waals surface area contributed by atoms with E-state index in [0.29, 0.717) is 6.54 Å². The molecule has 0 aromatic heterocycles. The molecule has 0 unspecified atom stereocenters. The van der Waals surface area contributed by atoms with Gasteiger partial charge < -0.3 is 15.4 Å². The summed E-state index contributed by atoms with van der Waals surface area (Å²) in [6.07, 6.45) is 10.7. The van der Waals surface area contributed by atoms with E-state index in [1.165, 1.54) is 26.2 Å². The molecule has 6 nitrogen and oxygen atoms in total. The van der Waals surface area contributed by atoms with Crippen molar-refractivity contribution in [2.45, 2.75) is 82.2 Å². The number of hydrogen-bond acceptors (Lipinski definition) is 4. The van der Waals surface area contributed by atoms with Crippen LogP contribution in [0.15, 0.2) is 0 Å². The second kappa shape index (κ2) is 8.70. The van der Waals surface area contributed by atoms with Crippen molar-refractivity contribution < 1.29 is 14.3 Å². The van der Waals surface area contributed by atoms with Crippen LogP contribution < -0.4 is 10.6 Å². The summed E-state index contributed by atoms with van der Waals surface area (Å²) in [4.78, 5) is 27.4. The molecule has 148 valence electrons. The predicted octanol–water partition coefficient (Wildman–Crippen LogP) is 1.98. The van der Waals surface area contributed by atoms with Gasteiger partial charge in [-0.3, -0.25) is 14.5 Å². The number of amides is 2. The summed E-state index contributed by atoms with van der Waals surface area (Å²) in [7, 11) is 0. The highest BCUT2D eigenvalue weighted by atomic mass is 16.5. The Balaban J connectivity index is 1.68. The fraction of sp³-hybridized carbons (Fsp3) is 0.900. The molecular weight excluding hydrogens is 330 g/mol. The van der Waals surface area contributed by atoms with Gasteiger partial charge in [0.25, 0.3) is 0 Å². The van der Waals surface area contributed by atoms with Crippen molar-refractivity contribution in [3.63, 3.8) is 0 Å². The summed E-state index contributed by atoms with van der Waals surface area (Å²) in [6, 6.07) is 0. The van der Waals surface area contributed by atoms with E-state index in [-0.39, 0.29) is 17.4 Å². The zero-order valence-electron chi connectivity index (χ0n) is 16.3. The van der Waals surface area contributed by atoms with Crippen molar-refractivity contribution in [2.75, 3.05) is 32.8 Å². The van der Waals surface area contributed by atoms with Crippen LogP contribution in [0.4, 0.5) is 0 Å². The predicted molar refractivity (Wildman–Crippen MR) is 101 cm³/mol. The Morgan fingerprint density at radius 2 is 1.50 bits per heavy atom. The van der Waals surface area contributed by atoms with E-state index in [2.05, 4.69) is 15.5 Å². The number of carbonyl (C=O) groups excluding carboxylic acids is 2. The van der Waals surface area contributed by atoms with Crippen molar-refractivity contribution in [1.82, 2.24) is 15.5 Å². The highest BCUT2D eigenvalue weighted by Crippen LogP contribution is 2.34. The lowest BCUT2D eigenvalue weighted by Gasteiger charge is -2.48. The Morgan fingerprint density at radius 3 is 2.08 bits per heavy atom. The van der Waals surface area contributed by atoms with Crippen LogP contribution in [0.5, 0.6) is 0 Å². The summed E-state index contributed by atoms with van der Waals surface area (Å²) >= 11 is 0. The molecule has 2 saturated carbocycles. The summed E-state index contributed by atoms with van der Waals surface area (Å²) in [5.74, 6) is -0.0896. The first-order valence-electron chi connectivity index (χ1n) is 10.5. The SMILES string of the molecule is CC(=O)NC1(C(=O)NCC2(N3CCOCC3)CCCCC2)CCCCC1. The number of hydrogen-bond donors (Lipinski definition) is 2. The maximum atomic E-state index is 13.2. The van der Waals surface area contributed by atoms with Crippen molar-refractivity contribution >= 4 is 11.8 Å². The largest absolute Gasteiger partial charge is 0.379 e. The van der Waals surface area contributed by atoms with Crippen LogP contribution in [0.2, 0.25) is 0 Å². The minimum Gasteiger partial charge on any atom is -0.379 e. The van der Waals surface area contributed by atoms with Crippen LogP contribution >= 0.6 is 0 Å². The number of carbonyl (C=O) groups is 2. The Bertz CT molecular complexity index is 491. The maximum absolute atomic E-state index is 13.2. The molecule has 26 heavy (non-hydrogen) atoms. The second-order valence-electron chi connectivity index (χ2n) is 8.39. The van der Waals surface area contributed by atoms with Gasteiger partial charge in [0.2, 0.25) is 11.8 Å². The van der Waals surface area contributed by atoms with E-state index in [4.69, 9.17) is 4.74 Å². The number of nitrogens with one attached hydrogen (secondary N) is 2. The maximum Gasteiger partial charge on any atom is 0.245 e. The van der Waals surface area contributed by atoms with Crippen LogP contribution in [-0.4, -0.2) is 60.6 Å². The van der Waals surface area contributed by atoms with Gasteiger partial charge in [0, 0.05) is 32.1 Å². The van der Waals surface area contributed by atoms with Crippen LogP contribution in [0.1, 0.15) is 71.1 Å². The standard InChI is InChI=1S/C20H35N3O3/c1-17(24)22-20(10-6-3-7-11-20)18(25)21-16-19(8-4-2-5-9-19)23-12-14-26-15-13-23/h2-16H2,1H3,(H,21,25)(H,22,24). The molecular formula is C20H35N3O3. The number of morpholine rings is 1. The highest BCUT2D eigenvalue weighted by Gasteiger charge is 2.43. The first kappa shape index (κ1) is 19.6. The smallest absolute Gasteiger partial charge is 0.245 e. The molecule has 2 amide bonds. The van der Waals surface area contributed by atoms with E-state index in [1.807, 2.05) is 0 Å². The molecule has 3 rings (SSSR count). The van der Waals surface area contributed by atoms with Gasteiger partial charge in [0.15, 0.2) is 0 Å². The third kappa shape index (κ3) is 4.39. The lowest BCUT2D eigenvalue weighted by molar-refractivity contribution is -0.135. The fourth-order valence-electron chi connectivity index (χ4n) is 5.17. The molecule has 0 radical (unpaired) electrons.